The minimum atomic E-state index is 0. The van der Waals surface area contributed by atoms with Gasteiger partial charge in [0.2, 0.25) is 0 Å². The highest BCUT2D eigenvalue weighted by Gasteiger charge is 2.16. The predicted octanol–water partition coefficient (Wildman–Crippen LogP) is 2.31. The van der Waals surface area contributed by atoms with Gasteiger partial charge in [-0.05, 0) is 38.4 Å². The van der Waals surface area contributed by atoms with Crippen LogP contribution in [0.3, 0.4) is 0 Å². The molecule has 1 atom stereocenters. The van der Waals surface area contributed by atoms with Crippen LogP contribution in [-0.4, -0.2) is 43.8 Å². The van der Waals surface area contributed by atoms with E-state index in [0.29, 0.717) is 19.3 Å². The van der Waals surface area contributed by atoms with Crippen LogP contribution in [0, 0.1) is 0 Å². The number of nitrogens with zero attached hydrogens (tertiary/aromatic N) is 1. The molecule has 1 heterocycles. The second-order valence-electron chi connectivity index (χ2n) is 4.93. The van der Waals surface area contributed by atoms with Crippen molar-refractivity contribution in [2.75, 3.05) is 32.8 Å². The highest BCUT2D eigenvalue weighted by atomic mass is 35.5. The minimum absolute atomic E-state index is 0. The van der Waals surface area contributed by atoms with Gasteiger partial charge in [0.1, 0.15) is 6.61 Å². The molecule has 0 amide bonds. The summed E-state index contributed by atoms with van der Waals surface area (Å²) in [5.74, 6) is 1.64. The molecule has 1 aliphatic rings. The highest BCUT2D eigenvalue weighted by Crippen LogP contribution is 2.26. The third-order valence-electron chi connectivity index (χ3n) is 3.36. The molecule has 20 heavy (non-hydrogen) atoms. The van der Waals surface area contributed by atoms with Crippen molar-refractivity contribution >= 4 is 12.4 Å². The van der Waals surface area contributed by atoms with Crippen molar-refractivity contribution < 1.29 is 9.47 Å². The molecule has 0 bridgehead atoms. The third kappa shape index (κ3) is 5.19. The number of rotatable bonds is 6. The van der Waals surface area contributed by atoms with Gasteiger partial charge in [0.05, 0.1) is 6.61 Å². The summed E-state index contributed by atoms with van der Waals surface area (Å²) >= 11 is 0. The standard InChI is InChI=1S/C15H24N2O2.ClH/c1-2-18-14-7-3-4-8-15(14)19-11-10-17-9-5-6-13(16)12-17;/h3-4,7-8,13H,2,5-6,9-12,16H2,1H3;1H. The van der Waals surface area contributed by atoms with E-state index in [1.807, 2.05) is 31.2 Å². The Labute approximate surface area is 127 Å². The fourth-order valence-electron chi connectivity index (χ4n) is 2.42. The molecule has 0 spiro atoms. The lowest BCUT2D eigenvalue weighted by Crippen LogP contribution is -2.44. The summed E-state index contributed by atoms with van der Waals surface area (Å²) in [5.41, 5.74) is 5.97. The van der Waals surface area contributed by atoms with E-state index in [0.717, 1.165) is 37.6 Å². The van der Waals surface area contributed by atoms with Crippen molar-refractivity contribution in [1.29, 1.82) is 0 Å². The summed E-state index contributed by atoms with van der Waals surface area (Å²) in [5, 5.41) is 0. The van der Waals surface area contributed by atoms with Gasteiger partial charge in [0.15, 0.2) is 11.5 Å². The van der Waals surface area contributed by atoms with Gasteiger partial charge in [-0.15, -0.1) is 12.4 Å². The Balaban J connectivity index is 0.00000200. The fourth-order valence-corrected chi connectivity index (χ4v) is 2.42. The van der Waals surface area contributed by atoms with E-state index in [1.165, 1.54) is 6.42 Å². The molecule has 2 rings (SSSR count). The smallest absolute Gasteiger partial charge is 0.161 e. The number of hydrogen-bond acceptors (Lipinski definition) is 4. The van der Waals surface area contributed by atoms with Crippen LogP contribution in [0.25, 0.3) is 0 Å². The molecule has 0 aromatic heterocycles. The van der Waals surface area contributed by atoms with Gasteiger partial charge in [-0.3, -0.25) is 4.90 Å². The van der Waals surface area contributed by atoms with Crippen molar-refractivity contribution in [1.82, 2.24) is 4.90 Å². The van der Waals surface area contributed by atoms with Crippen molar-refractivity contribution in [3.05, 3.63) is 24.3 Å². The molecule has 1 aromatic rings. The average molecular weight is 301 g/mol. The molecule has 1 aromatic carbocycles. The maximum atomic E-state index is 5.97. The van der Waals surface area contributed by atoms with Crippen LogP contribution in [0.5, 0.6) is 11.5 Å². The summed E-state index contributed by atoms with van der Waals surface area (Å²) in [7, 11) is 0. The van der Waals surface area contributed by atoms with Crippen LogP contribution in [0.1, 0.15) is 19.8 Å². The molecule has 5 heteroatoms. The molecule has 1 saturated heterocycles. The SMILES string of the molecule is CCOc1ccccc1OCCN1CCCC(N)C1.Cl. The lowest BCUT2D eigenvalue weighted by molar-refractivity contribution is 0.168. The van der Waals surface area contributed by atoms with Gasteiger partial charge in [-0.1, -0.05) is 12.1 Å². The quantitative estimate of drug-likeness (QED) is 0.876. The van der Waals surface area contributed by atoms with Gasteiger partial charge in [-0.2, -0.15) is 0 Å². The van der Waals surface area contributed by atoms with E-state index < -0.39 is 0 Å². The summed E-state index contributed by atoms with van der Waals surface area (Å²) in [6.07, 6.45) is 2.33. The Kier molecular flexibility index (Phi) is 7.73. The highest BCUT2D eigenvalue weighted by molar-refractivity contribution is 5.85. The van der Waals surface area contributed by atoms with E-state index in [2.05, 4.69) is 4.90 Å². The van der Waals surface area contributed by atoms with Crippen molar-refractivity contribution in [2.24, 2.45) is 5.73 Å². The lowest BCUT2D eigenvalue weighted by atomic mass is 10.1. The Hall–Kier alpha value is -0.970. The van der Waals surface area contributed by atoms with Gasteiger partial charge in [-0.25, -0.2) is 0 Å². The second-order valence-corrected chi connectivity index (χ2v) is 4.93. The molecule has 0 radical (unpaired) electrons. The molecule has 1 fully saturated rings. The lowest BCUT2D eigenvalue weighted by Gasteiger charge is -2.30. The maximum Gasteiger partial charge on any atom is 0.161 e. The summed E-state index contributed by atoms with van der Waals surface area (Å²) in [6, 6.07) is 8.14. The topological polar surface area (TPSA) is 47.7 Å². The number of nitrogens with two attached hydrogens (primary N) is 1. The van der Waals surface area contributed by atoms with Crippen molar-refractivity contribution in [2.45, 2.75) is 25.8 Å². The largest absolute Gasteiger partial charge is 0.490 e. The number of benzene rings is 1. The molecule has 0 aliphatic carbocycles. The predicted molar refractivity (Wildman–Crippen MR) is 84.0 cm³/mol. The first-order valence-corrected chi connectivity index (χ1v) is 7.12. The number of para-hydroxylation sites is 2. The number of likely N-dealkylation sites (tertiary alicyclic amines) is 1. The number of hydrogen-bond donors (Lipinski definition) is 1. The van der Waals surface area contributed by atoms with E-state index >= 15 is 0 Å². The van der Waals surface area contributed by atoms with Gasteiger partial charge in [0, 0.05) is 19.1 Å². The number of piperidine rings is 1. The summed E-state index contributed by atoms with van der Waals surface area (Å²) in [4.78, 5) is 2.37. The zero-order valence-electron chi connectivity index (χ0n) is 12.1. The van der Waals surface area contributed by atoms with E-state index in [9.17, 15) is 0 Å². The second kappa shape index (κ2) is 9.06. The fraction of sp³-hybridized carbons (Fsp3) is 0.600. The molecule has 4 nitrogen and oxygen atoms in total. The Bertz CT molecular complexity index is 390. The van der Waals surface area contributed by atoms with Gasteiger partial charge < -0.3 is 15.2 Å². The van der Waals surface area contributed by atoms with Crippen molar-refractivity contribution in [3.63, 3.8) is 0 Å². The first kappa shape index (κ1) is 17.1. The molecule has 1 aliphatic heterocycles. The van der Waals surface area contributed by atoms with Crippen LogP contribution in [0.4, 0.5) is 0 Å². The minimum Gasteiger partial charge on any atom is -0.490 e. The summed E-state index contributed by atoms with van der Waals surface area (Å²) in [6.45, 7) is 6.35. The number of ether oxygens (including phenoxy) is 2. The van der Waals surface area contributed by atoms with Crippen LogP contribution < -0.4 is 15.2 Å². The van der Waals surface area contributed by atoms with Crippen LogP contribution in [0.2, 0.25) is 0 Å². The van der Waals surface area contributed by atoms with E-state index in [4.69, 9.17) is 15.2 Å². The van der Waals surface area contributed by atoms with Crippen molar-refractivity contribution in [3.8, 4) is 11.5 Å². The maximum absolute atomic E-state index is 5.97. The van der Waals surface area contributed by atoms with Crippen LogP contribution in [-0.2, 0) is 0 Å². The van der Waals surface area contributed by atoms with Crippen LogP contribution >= 0.6 is 12.4 Å². The zero-order valence-corrected chi connectivity index (χ0v) is 12.9. The first-order valence-electron chi connectivity index (χ1n) is 7.12. The Morgan fingerprint density at radius 2 is 1.95 bits per heavy atom. The average Bonchev–Trinajstić information content (AvgIpc) is 2.41. The summed E-state index contributed by atoms with van der Waals surface area (Å²) < 4.78 is 11.4. The third-order valence-corrected chi connectivity index (χ3v) is 3.36. The first-order chi connectivity index (χ1) is 9.29. The molecule has 0 saturated carbocycles. The molecule has 1 unspecified atom stereocenters. The molecule has 2 N–H and O–H groups in total. The molecule has 114 valence electrons. The van der Waals surface area contributed by atoms with E-state index in [1.54, 1.807) is 0 Å². The van der Waals surface area contributed by atoms with E-state index in [-0.39, 0.29) is 12.4 Å². The Morgan fingerprint density at radius 1 is 1.25 bits per heavy atom. The normalized spacial score (nSPS) is 19.2. The zero-order chi connectivity index (χ0) is 13.5. The Morgan fingerprint density at radius 3 is 2.60 bits per heavy atom. The van der Waals surface area contributed by atoms with Crippen LogP contribution in [0.15, 0.2) is 24.3 Å². The molecular formula is C15H25ClN2O2. The monoisotopic (exact) mass is 300 g/mol. The number of halogens is 1. The van der Waals surface area contributed by atoms with Gasteiger partial charge >= 0.3 is 0 Å². The molecular weight excluding hydrogens is 276 g/mol. The van der Waals surface area contributed by atoms with Gasteiger partial charge in [0.25, 0.3) is 0 Å².